The summed E-state index contributed by atoms with van der Waals surface area (Å²) in [5, 5.41) is 0. The summed E-state index contributed by atoms with van der Waals surface area (Å²) in [5.41, 5.74) is 2.38. The topological polar surface area (TPSA) is 142 Å². The largest absolute Gasteiger partial charge is 0.465 e. The monoisotopic (exact) mass is 784 g/mol. The molecule has 0 aliphatic heterocycles. The van der Waals surface area contributed by atoms with Crippen molar-refractivity contribution in [3.05, 3.63) is 144 Å². The molecule has 12 heteroatoms. The van der Waals surface area contributed by atoms with E-state index in [0.717, 1.165) is 22.3 Å². The third-order valence-electron chi connectivity index (χ3n) is 8.41. The van der Waals surface area contributed by atoms with Gasteiger partial charge in [0.2, 0.25) is 0 Å². The van der Waals surface area contributed by atoms with Crippen LogP contribution < -0.4 is 0 Å². The number of esters is 4. The van der Waals surface area contributed by atoms with Crippen LogP contribution in [0.3, 0.4) is 0 Å². The smallest absolute Gasteiger partial charge is 0.308 e. The normalized spacial score (nSPS) is 11.1. The first-order chi connectivity index (χ1) is 27.9. The van der Waals surface area contributed by atoms with Gasteiger partial charge in [0.25, 0.3) is 0 Å². The van der Waals surface area contributed by atoms with Crippen LogP contribution >= 0.6 is 0 Å². The molecule has 0 saturated carbocycles. The lowest BCUT2D eigenvalue weighted by molar-refractivity contribution is -0.171. The Balaban J connectivity index is 1.35. The predicted molar refractivity (Wildman–Crippen MR) is 209 cm³/mol. The van der Waals surface area contributed by atoms with Crippen molar-refractivity contribution >= 4 is 23.9 Å². The summed E-state index contributed by atoms with van der Waals surface area (Å²) in [6, 6.07) is 38.1. The van der Waals surface area contributed by atoms with Crippen LogP contribution in [0.5, 0.6) is 0 Å². The molecule has 4 aromatic rings. The second-order valence-electron chi connectivity index (χ2n) is 13.3. The number of hydrogen-bond donors (Lipinski definition) is 0. The Morgan fingerprint density at radius 1 is 0.333 bits per heavy atom. The van der Waals surface area contributed by atoms with Crippen LogP contribution in [0.4, 0.5) is 0 Å². The number of hydrogen-bond acceptors (Lipinski definition) is 12. The molecule has 4 rings (SSSR count). The molecular weight excluding hydrogens is 732 g/mol. The summed E-state index contributed by atoms with van der Waals surface area (Å²) in [6.07, 6.45) is -0.284. The SMILES string of the molecule is O=C(CCOCc1ccccc1)OCC(COC(=O)CCOCc1ccccc1)(COC(=O)CCOCc1ccccc1)COC(=O)CCOCc1ccccc1. The van der Waals surface area contributed by atoms with Gasteiger partial charge in [0.05, 0.1) is 78.5 Å². The number of carbonyl (C=O) groups is 4. The van der Waals surface area contributed by atoms with Gasteiger partial charge in [-0.15, -0.1) is 0 Å². The fraction of sp³-hybridized carbons (Fsp3) is 0.378. The van der Waals surface area contributed by atoms with Gasteiger partial charge >= 0.3 is 23.9 Å². The van der Waals surface area contributed by atoms with Gasteiger partial charge in [0.1, 0.15) is 31.8 Å². The van der Waals surface area contributed by atoms with Crippen molar-refractivity contribution in [1.82, 2.24) is 0 Å². The van der Waals surface area contributed by atoms with Gasteiger partial charge in [-0.3, -0.25) is 19.2 Å². The van der Waals surface area contributed by atoms with Gasteiger partial charge in [0, 0.05) is 0 Å². The zero-order valence-electron chi connectivity index (χ0n) is 32.3. The van der Waals surface area contributed by atoms with E-state index in [1.807, 2.05) is 121 Å². The van der Waals surface area contributed by atoms with Crippen LogP contribution in [0.15, 0.2) is 121 Å². The molecule has 0 aliphatic rings. The molecule has 0 N–H and O–H groups in total. The van der Waals surface area contributed by atoms with E-state index in [0.29, 0.717) is 26.4 Å². The highest BCUT2D eigenvalue weighted by Crippen LogP contribution is 2.23. The second-order valence-corrected chi connectivity index (χ2v) is 13.3. The van der Waals surface area contributed by atoms with E-state index in [9.17, 15) is 19.2 Å². The third-order valence-corrected chi connectivity index (χ3v) is 8.41. The molecule has 0 bridgehead atoms. The summed E-state index contributed by atoms with van der Waals surface area (Å²) in [6.45, 7) is 0.0778. The molecule has 4 aromatic carbocycles. The fourth-order valence-electron chi connectivity index (χ4n) is 5.15. The zero-order valence-corrected chi connectivity index (χ0v) is 32.3. The average Bonchev–Trinajstić information content (AvgIpc) is 3.25. The van der Waals surface area contributed by atoms with E-state index >= 15 is 0 Å². The van der Waals surface area contributed by atoms with Gasteiger partial charge < -0.3 is 37.9 Å². The maximum Gasteiger partial charge on any atom is 0.308 e. The molecule has 0 aromatic heterocycles. The highest BCUT2D eigenvalue weighted by Gasteiger charge is 2.38. The van der Waals surface area contributed by atoms with Crippen molar-refractivity contribution in [2.24, 2.45) is 5.41 Å². The van der Waals surface area contributed by atoms with E-state index in [1.165, 1.54) is 0 Å². The summed E-state index contributed by atoms with van der Waals surface area (Å²) >= 11 is 0. The summed E-state index contributed by atoms with van der Waals surface area (Å²) in [5.74, 6) is -2.41. The summed E-state index contributed by atoms with van der Waals surface area (Å²) in [4.78, 5) is 51.7. The lowest BCUT2D eigenvalue weighted by Crippen LogP contribution is -2.44. The number of carbonyl (C=O) groups excluding carboxylic acids is 4. The Bertz CT molecular complexity index is 1460. The maximum absolute atomic E-state index is 12.9. The van der Waals surface area contributed by atoms with Crippen LogP contribution in [0, 0.1) is 5.41 Å². The Labute approximate surface area is 334 Å². The Hall–Kier alpha value is -5.40. The molecule has 0 aliphatic carbocycles. The number of benzene rings is 4. The fourth-order valence-corrected chi connectivity index (χ4v) is 5.15. The van der Waals surface area contributed by atoms with Crippen molar-refractivity contribution in [3.63, 3.8) is 0 Å². The van der Waals surface area contributed by atoms with Crippen molar-refractivity contribution in [1.29, 1.82) is 0 Å². The molecular formula is C45H52O12. The number of rotatable bonds is 28. The summed E-state index contributed by atoms with van der Waals surface area (Å²) in [7, 11) is 0. The maximum atomic E-state index is 12.9. The molecule has 0 fully saturated rings. The quantitative estimate of drug-likeness (QED) is 0.0349. The highest BCUT2D eigenvalue weighted by molar-refractivity contribution is 5.71. The summed E-state index contributed by atoms with van der Waals surface area (Å²) < 4.78 is 45.1. The van der Waals surface area contributed by atoms with Crippen molar-refractivity contribution in [2.45, 2.75) is 52.1 Å². The Morgan fingerprint density at radius 3 is 0.754 bits per heavy atom. The van der Waals surface area contributed by atoms with E-state index in [-0.39, 0.29) is 52.1 Å². The van der Waals surface area contributed by atoms with Gasteiger partial charge in [-0.2, -0.15) is 0 Å². The van der Waals surface area contributed by atoms with Gasteiger partial charge in [-0.25, -0.2) is 0 Å². The molecule has 12 nitrogen and oxygen atoms in total. The predicted octanol–water partition coefficient (Wildman–Crippen LogP) is 6.57. The molecule has 304 valence electrons. The van der Waals surface area contributed by atoms with Crippen molar-refractivity contribution < 1.29 is 57.1 Å². The van der Waals surface area contributed by atoms with Gasteiger partial charge in [-0.1, -0.05) is 121 Å². The molecule has 0 atom stereocenters. The minimum atomic E-state index is -1.44. The molecule has 0 heterocycles. The lowest BCUT2D eigenvalue weighted by Gasteiger charge is -2.31. The lowest BCUT2D eigenvalue weighted by atomic mass is 9.92. The molecule has 57 heavy (non-hydrogen) atoms. The molecule has 0 saturated heterocycles. The van der Waals surface area contributed by atoms with E-state index < -0.39 is 55.7 Å². The van der Waals surface area contributed by atoms with E-state index in [2.05, 4.69) is 0 Å². The highest BCUT2D eigenvalue weighted by atomic mass is 16.6. The first kappa shape index (κ1) is 44.3. The van der Waals surface area contributed by atoms with Crippen LogP contribution in [0.1, 0.15) is 47.9 Å². The van der Waals surface area contributed by atoms with Crippen molar-refractivity contribution in [3.8, 4) is 0 Å². The van der Waals surface area contributed by atoms with Crippen molar-refractivity contribution in [2.75, 3.05) is 52.9 Å². The zero-order chi connectivity index (χ0) is 40.2. The Kier molecular flexibility index (Phi) is 20.6. The van der Waals surface area contributed by atoms with E-state index in [4.69, 9.17) is 37.9 Å². The van der Waals surface area contributed by atoms with Gasteiger partial charge in [0.15, 0.2) is 0 Å². The second kappa shape index (κ2) is 26.5. The third kappa shape index (κ3) is 19.3. The average molecular weight is 785 g/mol. The minimum absolute atomic E-state index is 0.0709. The first-order valence-corrected chi connectivity index (χ1v) is 19.0. The first-order valence-electron chi connectivity index (χ1n) is 19.0. The standard InChI is InChI=1S/C45H52O12/c46-41(21-25-50-29-37-13-5-1-6-14-37)54-33-45(34-55-42(47)22-26-51-30-38-15-7-2-8-16-38,35-56-43(48)23-27-52-31-39-17-9-3-10-18-39)36-57-44(49)24-28-53-32-40-19-11-4-12-20-40/h1-20H,21-36H2. The molecule has 0 unspecified atom stereocenters. The Morgan fingerprint density at radius 2 is 0.544 bits per heavy atom. The molecule has 0 amide bonds. The molecule has 0 spiro atoms. The minimum Gasteiger partial charge on any atom is -0.465 e. The van der Waals surface area contributed by atoms with Gasteiger partial charge in [-0.05, 0) is 22.3 Å². The van der Waals surface area contributed by atoms with Crippen LogP contribution in [-0.4, -0.2) is 76.7 Å². The van der Waals surface area contributed by atoms with E-state index in [1.54, 1.807) is 0 Å². The van der Waals surface area contributed by atoms with Crippen LogP contribution in [-0.2, 0) is 83.5 Å². The van der Waals surface area contributed by atoms with Crippen LogP contribution in [0.2, 0.25) is 0 Å². The van der Waals surface area contributed by atoms with Crippen LogP contribution in [0.25, 0.3) is 0 Å². The molecule has 0 radical (unpaired) electrons. The number of ether oxygens (including phenoxy) is 8.